The minimum Gasteiger partial charge on any atom is -0.392 e. The van der Waals surface area contributed by atoms with Gasteiger partial charge < -0.3 is 10.0 Å². The normalized spacial score (nSPS) is 12.2. The van der Waals surface area contributed by atoms with E-state index in [0.29, 0.717) is 0 Å². The SMILES string of the molecule is CC(O)CN(C)C(=O)c1cn(-c2ccccc2)nn1. The van der Waals surface area contributed by atoms with Crippen LogP contribution in [0, 0.1) is 0 Å². The van der Waals surface area contributed by atoms with Crippen LogP contribution in [0.4, 0.5) is 0 Å². The van der Waals surface area contributed by atoms with Crippen LogP contribution in [0.1, 0.15) is 17.4 Å². The summed E-state index contributed by atoms with van der Waals surface area (Å²) in [7, 11) is 1.62. The van der Waals surface area contributed by atoms with Crippen LogP contribution in [0.25, 0.3) is 5.69 Å². The molecule has 0 aliphatic carbocycles. The summed E-state index contributed by atoms with van der Waals surface area (Å²) in [5.74, 6) is -0.261. The lowest BCUT2D eigenvalue weighted by atomic mass is 10.3. The van der Waals surface area contributed by atoms with E-state index in [1.807, 2.05) is 30.3 Å². The minimum absolute atomic E-state index is 0.256. The standard InChI is InChI=1S/C13H16N4O2/c1-10(18)8-16(2)13(19)12-9-17(15-14-12)11-6-4-3-5-7-11/h3-7,9-10,18H,8H2,1-2H3. The summed E-state index contributed by atoms with van der Waals surface area (Å²) in [6, 6.07) is 9.43. The second-order valence-electron chi connectivity index (χ2n) is 4.42. The van der Waals surface area contributed by atoms with Gasteiger partial charge in [-0.2, -0.15) is 0 Å². The van der Waals surface area contributed by atoms with Crippen molar-refractivity contribution < 1.29 is 9.90 Å². The number of para-hydroxylation sites is 1. The number of benzene rings is 1. The first-order chi connectivity index (χ1) is 9.08. The second-order valence-corrected chi connectivity index (χ2v) is 4.42. The number of hydrogen-bond donors (Lipinski definition) is 1. The van der Waals surface area contributed by atoms with Gasteiger partial charge in [0.15, 0.2) is 5.69 Å². The fourth-order valence-electron chi connectivity index (χ4n) is 1.74. The number of aliphatic hydroxyl groups excluding tert-OH is 1. The van der Waals surface area contributed by atoms with Gasteiger partial charge in [-0.1, -0.05) is 23.4 Å². The van der Waals surface area contributed by atoms with E-state index >= 15 is 0 Å². The second kappa shape index (κ2) is 5.62. The Morgan fingerprint density at radius 2 is 2.11 bits per heavy atom. The maximum Gasteiger partial charge on any atom is 0.275 e. The Hall–Kier alpha value is -2.21. The van der Waals surface area contributed by atoms with Crippen molar-refractivity contribution in [2.24, 2.45) is 0 Å². The molecule has 1 N–H and O–H groups in total. The highest BCUT2D eigenvalue weighted by Crippen LogP contribution is 2.07. The van der Waals surface area contributed by atoms with Gasteiger partial charge in [-0.25, -0.2) is 4.68 Å². The predicted molar refractivity (Wildman–Crippen MR) is 70.0 cm³/mol. The number of carbonyl (C=O) groups is 1. The zero-order valence-electron chi connectivity index (χ0n) is 10.9. The molecule has 19 heavy (non-hydrogen) atoms. The first-order valence-corrected chi connectivity index (χ1v) is 5.99. The van der Waals surface area contributed by atoms with Crippen molar-refractivity contribution in [2.75, 3.05) is 13.6 Å². The van der Waals surface area contributed by atoms with E-state index in [1.54, 1.807) is 24.9 Å². The highest BCUT2D eigenvalue weighted by molar-refractivity contribution is 5.91. The Labute approximate surface area is 111 Å². The Balaban J connectivity index is 2.15. The zero-order valence-corrected chi connectivity index (χ0v) is 10.9. The van der Waals surface area contributed by atoms with E-state index in [4.69, 9.17) is 0 Å². The van der Waals surface area contributed by atoms with E-state index in [9.17, 15) is 9.90 Å². The van der Waals surface area contributed by atoms with Crippen LogP contribution in [-0.2, 0) is 0 Å². The minimum atomic E-state index is -0.571. The lowest BCUT2D eigenvalue weighted by Crippen LogP contribution is -2.33. The van der Waals surface area contributed by atoms with Gasteiger partial charge in [0.05, 0.1) is 18.0 Å². The fraction of sp³-hybridized carbons (Fsp3) is 0.308. The van der Waals surface area contributed by atoms with Crippen LogP contribution < -0.4 is 0 Å². The van der Waals surface area contributed by atoms with Gasteiger partial charge >= 0.3 is 0 Å². The Morgan fingerprint density at radius 1 is 1.42 bits per heavy atom. The smallest absolute Gasteiger partial charge is 0.275 e. The monoisotopic (exact) mass is 260 g/mol. The van der Waals surface area contributed by atoms with Crippen LogP contribution in [0.15, 0.2) is 36.5 Å². The Kier molecular flexibility index (Phi) is 3.91. The molecule has 6 heteroatoms. The van der Waals surface area contributed by atoms with Crippen molar-refractivity contribution in [3.63, 3.8) is 0 Å². The number of rotatable bonds is 4. The van der Waals surface area contributed by atoms with Gasteiger partial charge in [0.1, 0.15) is 0 Å². The van der Waals surface area contributed by atoms with E-state index in [2.05, 4.69) is 10.3 Å². The van der Waals surface area contributed by atoms with E-state index in [0.717, 1.165) is 5.69 Å². The molecule has 1 aromatic carbocycles. The summed E-state index contributed by atoms with van der Waals surface area (Å²) < 4.78 is 1.55. The molecule has 0 spiro atoms. The molecule has 0 fully saturated rings. The van der Waals surface area contributed by atoms with E-state index in [-0.39, 0.29) is 18.1 Å². The van der Waals surface area contributed by atoms with Gasteiger partial charge in [0.2, 0.25) is 0 Å². The predicted octanol–water partition coefficient (Wildman–Crippen LogP) is 0.720. The largest absolute Gasteiger partial charge is 0.392 e. The molecule has 0 saturated carbocycles. The first kappa shape index (κ1) is 13.2. The third-order valence-corrected chi connectivity index (χ3v) is 2.62. The number of hydrogen-bond acceptors (Lipinski definition) is 4. The van der Waals surface area contributed by atoms with Gasteiger partial charge in [-0.15, -0.1) is 5.10 Å². The maximum atomic E-state index is 12.0. The Bertz CT molecular complexity index is 551. The molecule has 1 unspecified atom stereocenters. The molecule has 1 atom stereocenters. The topological polar surface area (TPSA) is 71.2 Å². The lowest BCUT2D eigenvalue weighted by Gasteiger charge is -2.16. The zero-order chi connectivity index (χ0) is 13.8. The molecule has 1 aromatic heterocycles. The third-order valence-electron chi connectivity index (χ3n) is 2.62. The molecule has 0 radical (unpaired) electrons. The highest BCUT2D eigenvalue weighted by atomic mass is 16.3. The van der Waals surface area contributed by atoms with Crippen molar-refractivity contribution in [3.05, 3.63) is 42.2 Å². The summed E-state index contributed by atoms with van der Waals surface area (Å²) in [6.07, 6.45) is 1.01. The van der Waals surface area contributed by atoms with Crippen molar-refractivity contribution in [1.82, 2.24) is 19.9 Å². The maximum absolute atomic E-state index is 12.0. The van der Waals surface area contributed by atoms with Gasteiger partial charge in [0, 0.05) is 13.6 Å². The Morgan fingerprint density at radius 3 is 2.74 bits per heavy atom. The summed E-state index contributed by atoms with van der Waals surface area (Å²) in [6.45, 7) is 1.89. The van der Waals surface area contributed by atoms with Crippen molar-refractivity contribution in [3.8, 4) is 5.69 Å². The van der Waals surface area contributed by atoms with Crippen LogP contribution >= 0.6 is 0 Å². The number of nitrogens with zero attached hydrogens (tertiary/aromatic N) is 4. The van der Waals surface area contributed by atoms with Crippen LogP contribution in [0.5, 0.6) is 0 Å². The number of amides is 1. The van der Waals surface area contributed by atoms with E-state index in [1.165, 1.54) is 4.90 Å². The molecule has 6 nitrogen and oxygen atoms in total. The molecule has 0 bridgehead atoms. The molecule has 2 aromatic rings. The van der Waals surface area contributed by atoms with Gasteiger partial charge in [0.25, 0.3) is 5.91 Å². The molecular formula is C13H16N4O2. The molecule has 1 amide bonds. The number of likely N-dealkylation sites (N-methyl/N-ethyl adjacent to an activating group) is 1. The fourth-order valence-corrected chi connectivity index (χ4v) is 1.74. The van der Waals surface area contributed by atoms with Crippen molar-refractivity contribution in [1.29, 1.82) is 0 Å². The summed E-state index contributed by atoms with van der Waals surface area (Å²) >= 11 is 0. The van der Waals surface area contributed by atoms with Crippen molar-refractivity contribution >= 4 is 5.91 Å². The van der Waals surface area contributed by atoms with Crippen LogP contribution in [0.2, 0.25) is 0 Å². The van der Waals surface area contributed by atoms with Crippen LogP contribution in [0.3, 0.4) is 0 Å². The molecule has 0 saturated heterocycles. The lowest BCUT2D eigenvalue weighted by molar-refractivity contribution is 0.0698. The molecule has 0 aliphatic rings. The molecular weight excluding hydrogens is 244 g/mol. The molecule has 0 aliphatic heterocycles. The summed E-state index contributed by atoms with van der Waals surface area (Å²) in [4.78, 5) is 13.4. The van der Waals surface area contributed by atoms with Crippen LogP contribution in [-0.4, -0.2) is 50.6 Å². The number of aromatic nitrogens is 3. The highest BCUT2D eigenvalue weighted by Gasteiger charge is 2.17. The average molecular weight is 260 g/mol. The summed E-state index contributed by atoms with van der Waals surface area (Å²) in [5.41, 5.74) is 1.10. The first-order valence-electron chi connectivity index (χ1n) is 5.99. The number of carbonyl (C=O) groups excluding carboxylic acids is 1. The molecule has 2 rings (SSSR count). The van der Waals surface area contributed by atoms with Crippen molar-refractivity contribution in [2.45, 2.75) is 13.0 Å². The third kappa shape index (κ3) is 3.17. The average Bonchev–Trinajstić information content (AvgIpc) is 2.87. The van der Waals surface area contributed by atoms with E-state index < -0.39 is 6.10 Å². The molecule has 100 valence electrons. The van der Waals surface area contributed by atoms with Gasteiger partial charge in [-0.05, 0) is 19.1 Å². The quantitative estimate of drug-likeness (QED) is 0.879. The van der Waals surface area contributed by atoms with Gasteiger partial charge in [-0.3, -0.25) is 4.79 Å². The summed E-state index contributed by atoms with van der Waals surface area (Å²) in [5, 5.41) is 17.1. The molecule has 1 heterocycles. The number of aliphatic hydroxyl groups is 1.